The molecule has 0 saturated heterocycles. The van der Waals surface area contributed by atoms with Gasteiger partial charge in [0, 0.05) is 10.9 Å². The molecule has 0 spiro atoms. The first-order valence-electron chi connectivity index (χ1n) is 7.37. The van der Waals surface area contributed by atoms with E-state index in [9.17, 15) is 9.18 Å². The van der Waals surface area contributed by atoms with Crippen LogP contribution in [0.2, 0.25) is 5.02 Å². The molecule has 3 rings (SSSR count). The Balaban J connectivity index is 1.87. The molecule has 0 bridgehead atoms. The molecule has 4 nitrogen and oxygen atoms in total. The first-order chi connectivity index (χ1) is 11.5. The maximum absolute atomic E-state index is 13.3. The second-order valence-corrected chi connectivity index (χ2v) is 7.09. The van der Waals surface area contributed by atoms with Crippen molar-refractivity contribution in [3.8, 4) is 0 Å². The largest absolute Gasteiger partial charge is 0.332 e. The minimum absolute atomic E-state index is 0.0414. The Labute approximate surface area is 148 Å². The van der Waals surface area contributed by atoms with Gasteiger partial charge < -0.3 is 5.32 Å². The molecule has 0 saturated carbocycles. The number of para-hydroxylation sites is 1. The molecule has 0 unspecified atom stereocenters. The highest BCUT2D eigenvalue weighted by Gasteiger charge is 2.27. The fourth-order valence-corrected chi connectivity index (χ4v) is 3.36. The number of carbonyl (C=O) groups is 1. The predicted molar refractivity (Wildman–Crippen MR) is 98.7 cm³/mol. The number of amides is 2. The fourth-order valence-electron chi connectivity index (χ4n) is 2.23. The number of urea groups is 1. The van der Waals surface area contributed by atoms with E-state index in [-0.39, 0.29) is 11.1 Å². The van der Waals surface area contributed by atoms with Gasteiger partial charge in [-0.1, -0.05) is 48.5 Å². The summed E-state index contributed by atoms with van der Waals surface area (Å²) in [4.78, 5) is 18.8. The molecular formula is C17H15ClFN3OS. The second-order valence-electron chi connectivity index (χ2n) is 5.28. The van der Waals surface area contributed by atoms with Crippen LogP contribution in [-0.4, -0.2) is 23.0 Å². The highest BCUT2D eigenvalue weighted by molar-refractivity contribution is 8.15. The molecule has 0 fully saturated rings. The van der Waals surface area contributed by atoms with Gasteiger partial charge in [0.1, 0.15) is 5.82 Å². The third kappa shape index (κ3) is 3.71. The van der Waals surface area contributed by atoms with Gasteiger partial charge >= 0.3 is 6.03 Å². The lowest BCUT2D eigenvalue weighted by Crippen LogP contribution is -2.38. The number of anilines is 2. The zero-order valence-electron chi connectivity index (χ0n) is 12.9. The number of nitrogens with one attached hydrogen (secondary N) is 1. The molecule has 2 aromatic rings. The van der Waals surface area contributed by atoms with E-state index in [4.69, 9.17) is 11.6 Å². The lowest BCUT2D eigenvalue weighted by atomic mass is 10.3. The average Bonchev–Trinajstić information content (AvgIpc) is 2.98. The van der Waals surface area contributed by atoms with E-state index in [0.717, 1.165) is 0 Å². The quantitative estimate of drug-likeness (QED) is 0.815. The van der Waals surface area contributed by atoms with Crippen LogP contribution in [-0.2, 0) is 0 Å². The van der Waals surface area contributed by atoms with Crippen molar-refractivity contribution in [3.05, 3.63) is 59.4 Å². The highest BCUT2D eigenvalue weighted by Crippen LogP contribution is 2.28. The summed E-state index contributed by atoms with van der Waals surface area (Å²) in [5.41, 5.74) is 1.13. The second kappa shape index (κ2) is 7.23. The zero-order valence-corrected chi connectivity index (χ0v) is 14.4. The Morgan fingerprint density at radius 2 is 2.08 bits per heavy atom. The van der Waals surface area contributed by atoms with E-state index in [1.807, 2.05) is 30.3 Å². The van der Waals surface area contributed by atoms with Gasteiger partial charge in [0.05, 0.1) is 17.3 Å². The summed E-state index contributed by atoms with van der Waals surface area (Å²) < 4.78 is 13.3. The summed E-state index contributed by atoms with van der Waals surface area (Å²) in [6.45, 7) is 2.72. The summed E-state index contributed by atoms with van der Waals surface area (Å²) >= 11 is 7.31. The van der Waals surface area contributed by atoms with Crippen LogP contribution in [0.1, 0.15) is 6.92 Å². The standard InChI is InChI=1S/C17H15ClFN3OS/c1-11-10-20-17(24-11)22(13-5-3-2-4-6-13)16(23)21-12-7-8-15(19)14(18)9-12/h2-9,11H,10H2,1H3,(H,21,23)/t11-/m0/s1. The molecule has 0 aliphatic carbocycles. The van der Waals surface area contributed by atoms with Crippen molar-refractivity contribution >= 4 is 45.9 Å². The number of hydrogen-bond acceptors (Lipinski definition) is 3. The first kappa shape index (κ1) is 16.8. The highest BCUT2D eigenvalue weighted by atomic mass is 35.5. The van der Waals surface area contributed by atoms with Gasteiger partial charge in [-0.05, 0) is 30.3 Å². The zero-order chi connectivity index (χ0) is 17.1. The molecule has 2 amide bonds. The molecule has 0 aromatic heterocycles. The number of rotatable bonds is 2. The number of amidine groups is 1. The van der Waals surface area contributed by atoms with Crippen LogP contribution in [0.4, 0.5) is 20.6 Å². The van der Waals surface area contributed by atoms with Crippen molar-refractivity contribution < 1.29 is 9.18 Å². The number of hydrogen-bond donors (Lipinski definition) is 1. The van der Waals surface area contributed by atoms with Gasteiger partial charge in [-0.2, -0.15) is 0 Å². The van der Waals surface area contributed by atoms with Crippen molar-refractivity contribution in [2.45, 2.75) is 12.2 Å². The molecule has 1 atom stereocenters. The molecule has 0 radical (unpaired) electrons. The number of aliphatic imine (C=N–C) groups is 1. The number of nitrogens with zero attached hydrogens (tertiary/aromatic N) is 2. The number of benzene rings is 2. The third-order valence-electron chi connectivity index (χ3n) is 3.37. The van der Waals surface area contributed by atoms with Crippen molar-refractivity contribution in [1.82, 2.24) is 0 Å². The van der Waals surface area contributed by atoms with Crippen LogP contribution in [0.15, 0.2) is 53.5 Å². The molecule has 1 heterocycles. The molecule has 1 aliphatic heterocycles. The molecule has 1 N–H and O–H groups in total. The van der Waals surface area contributed by atoms with E-state index >= 15 is 0 Å². The minimum atomic E-state index is -0.529. The van der Waals surface area contributed by atoms with Gasteiger partial charge in [-0.25, -0.2) is 14.1 Å². The maximum Gasteiger partial charge on any atom is 0.332 e. The third-order valence-corrected chi connectivity index (χ3v) is 4.73. The van der Waals surface area contributed by atoms with Crippen molar-refractivity contribution in [1.29, 1.82) is 0 Å². The van der Waals surface area contributed by atoms with Crippen molar-refractivity contribution in [3.63, 3.8) is 0 Å². The molecule has 1 aliphatic rings. The summed E-state index contributed by atoms with van der Waals surface area (Å²) in [6.07, 6.45) is 0. The summed E-state index contributed by atoms with van der Waals surface area (Å²) in [5, 5.41) is 3.66. The smallest absolute Gasteiger partial charge is 0.307 e. The normalized spacial score (nSPS) is 16.6. The molecule has 2 aromatic carbocycles. The molecule has 124 valence electrons. The topological polar surface area (TPSA) is 44.7 Å². The first-order valence-corrected chi connectivity index (χ1v) is 8.62. The van der Waals surface area contributed by atoms with Gasteiger partial charge in [0.2, 0.25) is 0 Å². The predicted octanol–water partition coefficient (Wildman–Crippen LogP) is 5.01. The SMILES string of the molecule is C[C@H]1CN=C(N(C(=O)Nc2ccc(F)c(Cl)c2)c2ccccc2)S1. The minimum Gasteiger partial charge on any atom is -0.307 e. The number of carbonyl (C=O) groups excluding carboxylic acids is 1. The van der Waals surface area contributed by atoms with E-state index < -0.39 is 5.82 Å². The van der Waals surface area contributed by atoms with Crippen LogP contribution in [0.25, 0.3) is 0 Å². The lowest BCUT2D eigenvalue weighted by molar-refractivity contribution is 0.259. The fraction of sp³-hybridized carbons (Fsp3) is 0.176. The maximum atomic E-state index is 13.3. The summed E-state index contributed by atoms with van der Waals surface area (Å²) in [7, 11) is 0. The lowest BCUT2D eigenvalue weighted by Gasteiger charge is -2.22. The van der Waals surface area contributed by atoms with Crippen molar-refractivity contribution in [2.24, 2.45) is 4.99 Å². The van der Waals surface area contributed by atoms with Gasteiger partial charge in [-0.3, -0.25) is 4.99 Å². The van der Waals surface area contributed by atoms with E-state index in [2.05, 4.69) is 17.2 Å². The Hall–Kier alpha value is -2.05. The Morgan fingerprint density at radius 1 is 1.33 bits per heavy atom. The van der Waals surface area contributed by atoms with Crippen LogP contribution in [0.3, 0.4) is 0 Å². The summed E-state index contributed by atoms with van der Waals surface area (Å²) in [5.74, 6) is -0.529. The molecule has 7 heteroatoms. The molecular weight excluding hydrogens is 349 g/mol. The van der Waals surface area contributed by atoms with Crippen LogP contribution < -0.4 is 10.2 Å². The number of thioether (sulfide) groups is 1. The van der Waals surface area contributed by atoms with Crippen LogP contribution in [0.5, 0.6) is 0 Å². The van der Waals surface area contributed by atoms with Gasteiger partial charge in [0.25, 0.3) is 0 Å². The summed E-state index contributed by atoms with van der Waals surface area (Å²) in [6, 6.07) is 13.0. The Bertz CT molecular complexity index is 785. The number of halogens is 2. The molecule has 24 heavy (non-hydrogen) atoms. The van der Waals surface area contributed by atoms with Crippen LogP contribution in [0, 0.1) is 5.82 Å². The van der Waals surface area contributed by atoms with E-state index in [1.54, 1.807) is 11.8 Å². The van der Waals surface area contributed by atoms with E-state index in [0.29, 0.717) is 28.3 Å². The Kier molecular flexibility index (Phi) is 5.06. The van der Waals surface area contributed by atoms with Gasteiger partial charge in [0.15, 0.2) is 5.17 Å². The van der Waals surface area contributed by atoms with E-state index in [1.165, 1.54) is 23.1 Å². The van der Waals surface area contributed by atoms with Gasteiger partial charge in [-0.15, -0.1) is 0 Å². The van der Waals surface area contributed by atoms with Crippen molar-refractivity contribution in [2.75, 3.05) is 16.8 Å². The van der Waals surface area contributed by atoms with Crippen LogP contribution >= 0.6 is 23.4 Å². The monoisotopic (exact) mass is 363 g/mol. The average molecular weight is 364 g/mol. The Morgan fingerprint density at radius 3 is 2.71 bits per heavy atom.